The van der Waals surface area contributed by atoms with Crippen LogP contribution in [-0.2, 0) is 20.9 Å². The van der Waals surface area contributed by atoms with Gasteiger partial charge >= 0.3 is 5.97 Å². The van der Waals surface area contributed by atoms with E-state index in [2.05, 4.69) is 5.32 Å². The van der Waals surface area contributed by atoms with Crippen LogP contribution in [0.25, 0.3) is 22.1 Å². The number of Topliss-reactive ketones (excluding diaryl/α,β-unsaturated/α-hetero) is 2. The summed E-state index contributed by atoms with van der Waals surface area (Å²) in [5.41, 5.74) is 2.99. The smallest absolute Gasteiger partial charge is 0.325 e. The van der Waals surface area contributed by atoms with Gasteiger partial charge in [-0.25, -0.2) is 0 Å². The highest BCUT2D eigenvalue weighted by molar-refractivity contribution is 6.54. The summed E-state index contributed by atoms with van der Waals surface area (Å²) in [6.45, 7) is 4.49. The molecule has 8 nitrogen and oxygen atoms in total. The summed E-state index contributed by atoms with van der Waals surface area (Å²) in [6.07, 6.45) is 0.434. The summed E-state index contributed by atoms with van der Waals surface area (Å²) in [4.78, 5) is 49.7. The van der Waals surface area contributed by atoms with Gasteiger partial charge in [0.1, 0.15) is 24.7 Å². The van der Waals surface area contributed by atoms with E-state index < -0.39 is 17.5 Å². The fourth-order valence-electron chi connectivity index (χ4n) is 4.17. The van der Waals surface area contributed by atoms with E-state index in [0.29, 0.717) is 53.3 Å². The third-order valence-corrected chi connectivity index (χ3v) is 5.91. The maximum absolute atomic E-state index is 13.1. The first-order valence-corrected chi connectivity index (χ1v) is 10.6. The molecule has 2 aromatic carbocycles. The Kier molecular flexibility index (Phi) is 6.11. The molecular weight excluding hydrogens is 424 g/mol. The molecule has 0 atom stereocenters. The molecule has 4 rings (SSSR count). The Bertz CT molecular complexity index is 1290. The maximum atomic E-state index is 13.1. The van der Waals surface area contributed by atoms with Gasteiger partial charge in [-0.2, -0.15) is 0 Å². The number of furan rings is 1. The second-order valence-electron chi connectivity index (χ2n) is 8.13. The quantitative estimate of drug-likeness (QED) is 0.321. The first-order valence-electron chi connectivity index (χ1n) is 10.6. The van der Waals surface area contributed by atoms with Crippen molar-refractivity contribution in [3.8, 4) is 11.3 Å². The van der Waals surface area contributed by atoms with Crippen LogP contribution in [0.1, 0.15) is 37.6 Å². The number of fused-ring (bicyclic) bond motifs is 5. The lowest BCUT2D eigenvalue weighted by molar-refractivity contribution is -0.143. The number of hydrogen-bond donors (Lipinski definition) is 1. The Morgan fingerprint density at radius 2 is 1.85 bits per heavy atom. The van der Waals surface area contributed by atoms with E-state index in [1.165, 1.54) is 0 Å². The van der Waals surface area contributed by atoms with Crippen molar-refractivity contribution in [2.24, 2.45) is 0 Å². The summed E-state index contributed by atoms with van der Waals surface area (Å²) < 4.78 is 11.2. The number of hydrogen-bond acceptors (Lipinski definition) is 7. The Morgan fingerprint density at radius 3 is 2.61 bits per heavy atom. The third-order valence-electron chi connectivity index (χ3n) is 5.91. The van der Waals surface area contributed by atoms with Gasteiger partial charge in [-0.1, -0.05) is 24.3 Å². The van der Waals surface area contributed by atoms with Gasteiger partial charge < -0.3 is 14.5 Å². The van der Waals surface area contributed by atoms with Crippen molar-refractivity contribution in [3.05, 3.63) is 58.3 Å². The number of amides is 1. The van der Waals surface area contributed by atoms with Crippen LogP contribution in [0.2, 0.25) is 0 Å². The molecule has 0 spiro atoms. The van der Waals surface area contributed by atoms with E-state index in [1.807, 2.05) is 49.2 Å². The lowest BCUT2D eigenvalue weighted by Crippen LogP contribution is -2.28. The number of esters is 1. The monoisotopic (exact) mass is 448 g/mol. The first-order chi connectivity index (χ1) is 15.8. The lowest BCUT2D eigenvalue weighted by Gasteiger charge is -2.16. The fourth-order valence-corrected chi connectivity index (χ4v) is 4.17. The van der Waals surface area contributed by atoms with Crippen LogP contribution in [0.3, 0.4) is 0 Å². The molecule has 0 saturated heterocycles. The molecular formula is C25H24N2O6. The molecule has 170 valence electrons. The molecule has 0 saturated carbocycles. The third kappa shape index (κ3) is 4.05. The number of nitrogens with one attached hydrogen (secondary N) is 1. The normalized spacial score (nSPS) is 12.6. The van der Waals surface area contributed by atoms with Crippen LogP contribution in [0.15, 0.2) is 34.7 Å². The Labute approximate surface area is 190 Å². The predicted octanol–water partition coefficient (Wildman–Crippen LogP) is 2.82. The van der Waals surface area contributed by atoms with Crippen LogP contribution in [0, 0.1) is 13.8 Å². The van der Waals surface area contributed by atoms with Gasteiger partial charge in [0.2, 0.25) is 18.0 Å². The average molecular weight is 448 g/mol. The number of carbonyl (C=O) groups is 4. The van der Waals surface area contributed by atoms with Gasteiger partial charge in [0.25, 0.3) is 0 Å². The summed E-state index contributed by atoms with van der Waals surface area (Å²) in [5.74, 6) is -0.602. The van der Waals surface area contributed by atoms with Gasteiger partial charge in [-0.3, -0.25) is 24.1 Å². The van der Waals surface area contributed by atoms with Gasteiger partial charge in [-0.05, 0) is 43.3 Å². The lowest BCUT2D eigenvalue weighted by atomic mass is 9.83. The SMILES string of the molecule is Cc1c(CN(C)CCOC(=O)CNC=O)oc2c1C(=O)C(=O)c1c-2ccc2c(C)cccc12. The Hall–Kier alpha value is -3.78. The minimum absolute atomic E-state index is 0.140. The molecule has 0 unspecified atom stereocenters. The van der Waals surface area contributed by atoms with Crippen molar-refractivity contribution in [2.45, 2.75) is 20.4 Å². The molecule has 33 heavy (non-hydrogen) atoms. The van der Waals surface area contributed by atoms with Crippen molar-refractivity contribution >= 4 is 34.7 Å². The molecule has 1 aliphatic carbocycles. The number of likely N-dealkylation sites (N-methyl/N-ethyl adjacent to an activating group) is 1. The van der Waals surface area contributed by atoms with Gasteiger partial charge in [0, 0.05) is 23.2 Å². The molecule has 1 amide bonds. The highest BCUT2D eigenvalue weighted by atomic mass is 16.5. The number of aryl methyl sites for hydroxylation is 1. The van der Waals surface area contributed by atoms with Crippen LogP contribution in [-0.4, -0.2) is 55.6 Å². The molecule has 0 bridgehead atoms. The van der Waals surface area contributed by atoms with Crippen LogP contribution in [0.5, 0.6) is 0 Å². The van der Waals surface area contributed by atoms with Crippen LogP contribution in [0.4, 0.5) is 0 Å². The zero-order valence-electron chi connectivity index (χ0n) is 18.7. The molecule has 3 aromatic rings. The van der Waals surface area contributed by atoms with Crippen molar-refractivity contribution in [1.82, 2.24) is 10.2 Å². The predicted molar refractivity (Wildman–Crippen MR) is 121 cm³/mol. The number of nitrogens with zero attached hydrogens (tertiary/aromatic N) is 1. The minimum atomic E-state index is -0.557. The summed E-state index contributed by atoms with van der Waals surface area (Å²) in [7, 11) is 1.83. The maximum Gasteiger partial charge on any atom is 0.325 e. The molecule has 1 aliphatic rings. The molecule has 1 N–H and O–H groups in total. The topological polar surface area (TPSA) is 106 Å². The van der Waals surface area contributed by atoms with E-state index >= 15 is 0 Å². The Balaban J connectivity index is 1.60. The summed E-state index contributed by atoms with van der Waals surface area (Å²) >= 11 is 0. The number of ether oxygens (including phenoxy) is 1. The molecule has 1 heterocycles. The second kappa shape index (κ2) is 8.99. The summed E-state index contributed by atoms with van der Waals surface area (Å²) in [6, 6.07) is 9.50. The molecule has 1 aromatic heterocycles. The van der Waals surface area contributed by atoms with E-state index in [4.69, 9.17) is 9.15 Å². The number of ketones is 2. The second-order valence-corrected chi connectivity index (χ2v) is 8.13. The molecule has 8 heteroatoms. The van der Waals surface area contributed by atoms with E-state index in [9.17, 15) is 19.2 Å². The van der Waals surface area contributed by atoms with E-state index in [1.54, 1.807) is 6.92 Å². The van der Waals surface area contributed by atoms with E-state index in [0.717, 1.165) is 16.3 Å². The van der Waals surface area contributed by atoms with Crippen molar-refractivity contribution in [2.75, 3.05) is 26.7 Å². The number of carbonyl (C=O) groups excluding carboxylic acids is 4. The fraction of sp³-hybridized carbons (Fsp3) is 0.280. The number of rotatable bonds is 8. The van der Waals surface area contributed by atoms with Crippen molar-refractivity contribution in [3.63, 3.8) is 0 Å². The van der Waals surface area contributed by atoms with Crippen molar-refractivity contribution in [1.29, 1.82) is 0 Å². The average Bonchev–Trinajstić information content (AvgIpc) is 3.11. The highest BCUT2D eigenvalue weighted by Crippen LogP contribution is 2.41. The zero-order chi connectivity index (χ0) is 23.7. The van der Waals surface area contributed by atoms with Crippen LogP contribution < -0.4 is 5.32 Å². The van der Waals surface area contributed by atoms with Gasteiger partial charge in [0.15, 0.2) is 0 Å². The largest absolute Gasteiger partial charge is 0.463 e. The molecule has 0 fully saturated rings. The Morgan fingerprint density at radius 1 is 1.09 bits per heavy atom. The van der Waals surface area contributed by atoms with E-state index in [-0.39, 0.29) is 13.2 Å². The minimum Gasteiger partial charge on any atom is -0.463 e. The van der Waals surface area contributed by atoms with Gasteiger partial charge in [0.05, 0.1) is 12.1 Å². The zero-order valence-corrected chi connectivity index (χ0v) is 18.7. The highest BCUT2D eigenvalue weighted by Gasteiger charge is 2.37. The summed E-state index contributed by atoms with van der Waals surface area (Å²) in [5, 5.41) is 3.93. The standard InChI is InChI=1S/C25H24N2O6/c1-14-5-4-6-17-16(14)7-8-18-22(17)24(31)23(30)21-15(2)19(33-25(18)21)12-27(3)9-10-32-20(29)11-26-13-28/h4-8,13H,9-12H2,1-3H3,(H,26,28). The van der Waals surface area contributed by atoms with Crippen molar-refractivity contribution < 1.29 is 28.3 Å². The van der Waals surface area contributed by atoms with Gasteiger partial charge in [-0.15, -0.1) is 0 Å². The molecule has 0 radical (unpaired) electrons. The first kappa shape index (κ1) is 22.4. The molecule has 0 aliphatic heterocycles. The number of benzene rings is 2. The van der Waals surface area contributed by atoms with Crippen LogP contribution >= 0.6 is 0 Å².